The molecule has 1 N–H and O–H groups in total. The number of nitrogens with one attached hydrogen (secondary N) is 1. The maximum Gasteiger partial charge on any atom is 0.338 e. The molecule has 6 rings (SSSR count). The lowest BCUT2D eigenvalue weighted by Gasteiger charge is -2.13. The van der Waals surface area contributed by atoms with E-state index in [4.69, 9.17) is 14.7 Å². The fourth-order valence-electron chi connectivity index (χ4n) is 4.19. The number of hydrogen-bond donors (Lipinski definition) is 1. The van der Waals surface area contributed by atoms with E-state index < -0.39 is 18.0 Å². The largest absolute Gasteiger partial charge is 0.449 e. The zero-order valence-corrected chi connectivity index (χ0v) is 21.7. The fraction of sp³-hybridized carbons (Fsp3) is 0.0645. The van der Waals surface area contributed by atoms with Crippen molar-refractivity contribution < 1.29 is 14.3 Å². The van der Waals surface area contributed by atoms with Gasteiger partial charge in [0.15, 0.2) is 11.2 Å². The molecule has 0 saturated heterocycles. The van der Waals surface area contributed by atoms with Gasteiger partial charge in [0, 0.05) is 11.1 Å². The van der Waals surface area contributed by atoms with Gasteiger partial charge in [-0.05, 0) is 37.3 Å². The van der Waals surface area contributed by atoms with Crippen molar-refractivity contribution in [2.75, 3.05) is 5.32 Å². The number of hydrogen-bond acceptors (Lipinski definition) is 7. The van der Waals surface area contributed by atoms with Gasteiger partial charge in [-0.3, -0.25) is 10.1 Å². The van der Waals surface area contributed by atoms with E-state index in [2.05, 4.69) is 10.3 Å². The molecule has 0 radical (unpaired) electrons. The third-order valence-corrected chi connectivity index (χ3v) is 7.12. The molecule has 2 aromatic heterocycles. The van der Waals surface area contributed by atoms with E-state index in [1.165, 1.54) is 18.3 Å². The quantitative estimate of drug-likeness (QED) is 0.239. The number of carbonyl (C=O) groups is 2. The highest BCUT2D eigenvalue weighted by Crippen LogP contribution is 2.31. The molecule has 0 saturated carbocycles. The number of thiazole rings is 1. The Balaban J connectivity index is 1.26. The van der Waals surface area contributed by atoms with Crippen LogP contribution in [0.2, 0.25) is 0 Å². The standard InChI is InChI=1S/C31H22N4O3S/c1-19(29(36)35-31-34-24-14-8-9-15-26(24)39-31)38-30(37)22-16-17-23-25(18-22)33-28(21-12-6-3-7-13-21)27(32-23)20-10-4-2-5-11-20/h2-19H,1H3,(H,34,35,36). The first-order valence-corrected chi connectivity index (χ1v) is 13.2. The Morgan fingerprint density at radius 3 is 2.00 bits per heavy atom. The van der Waals surface area contributed by atoms with Gasteiger partial charge in [-0.2, -0.15) is 0 Å². The molecule has 6 aromatic rings. The van der Waals surface area contributed by atoms with Crippen LogP contribution in [0.25, 0.3) is 43.8 Å². The van der Waals surface area contributed by atoms with Crippen molar-refractivity contribution >= 4 is 49.6 Å². The van der Waals surface area contributed by atoms with Crippen LogP contribution in [0, 0.1) is 0 Å². The summed E-state index contributed by atoms with van der Waals surface area (Å²) in [5.41, 5.74) is 5.60. The summed E-state index contributed by atoms with van der Waals surface area (Å²) in [5, 5.41) is 3.19. The molecule has 2 heterocycles. The van der Waals surface area contributed by atoms with E-state index in [9.17, 15) is 9.59 Å². The van der Waals surface area contributed by atoms with Crippen molar-refractivity contribution in [1.29, 1.82) is 0 Å². The summed E-state index contributed by atoms with van der Waals surface area (Å²) in [6.07, 6.45) is -1.02. The number of fused-ring (bicyclic) bond motifs is 2. The van der Waals surface area contributed by atoms with Gasteiger partial charge in [-0.15, -0.1) is 0 Å². The molecule has 1 unspecified atom stereocenters. The number of carbonyl (C=O) groups excluding carboxylic acids is 2. The number of rotatable bonds is 6. The van der Waals surface area contributed by atoms with Crippen molar-refractivity contribution in [1.82, 2.24) is 15.0 Å². The molecule has 0 spiro atoms. The minimum absolute atomic E-state index is 0.280. The van der Waals surface area contributed by atoms with Gasteiger partial charge in [0.05, 0.1) is 38.2 Å². The smallest absolute Gasteiger partial charge is 0.338 e. The van der Waals surface area contributed by atoms with Crippen molar-refractivity contribution in [3.05, 3.63) is 109 Å². The summed E-state index contributed by atoms with van der Waals surface area (Å²) >= 11 is 1.36. The molecule has 8 heteroatoms. The molecule has 1 atom stereocenters. The summed E-state index contributed by atoms with van der Waals surface area (Å²) in [6, 6.07) is 32.3. The maximum atomic E-state index is 13.0. The van der Waals surface area contributed by atoms with Crippen LogP contribution >= 0.6 is 11.3 Å². The van der Waals surface area contributed by atoms with E-state index in [0.29, 0.717) is 21.9 Å². The third-order valence-electron chi connectivity index (χ3n) is 6.17. The lowest BCUT2D eigenvalue weighted by atomic mass is 10.0. The molecule has 4 aromatic carbocycles. The summed E-state index contributed by atoms with van der Waals surface area (Å²) in [6.45, 7) is 1.53. The molecule has 0 aliphatic heterocycles. The van der Waals surface area contributed by atoms with Crippen molar-refractivity contribution in [2.24, 2.45) is 0 Å². The van der Waals surface area contributed by atoms with Crippen LogP contribution in [0.15, 0.2) is 103 Å². The molecular formula is C31H22N4O3S. The summed E-state index contributed by atoms with van der Waals surface area (Å²) in [5.74, 6) is -1.08. The second-order valence-electron chi connectivity index (χ2n) is 8.88. The highest BCUT2D eigenvalue weighted by Gasteiger charge is 2.21. The van der Waals surface area contributed by atoms with Crippen LogP contribution < -0.4 is 5.32 Å². The maximum absolute atomic E-state index is 13.0. The van der Waals surface area contributed by atoms with Crippen molar-refractivity contribution in [3.63, 3.8) is 0 Å². The zero-order valence-electron chi connectivity index (χ0n) is 20.9. The van der Waals surface area contributed by atoms with Gasteiger partial charge in [0.1, 0.15) is 0 Å². The van der Waals surface area contributed by atoms with E-state index >= 15 is 0 Å². The highest BCUT2D eigenvalue weighted by atomic mass is 32.1. The van der Waals surface area contributed by atoms with Gasteiger partial charge in [0.25, 0.3) is 5.91 Å². The Morgan fingerprint density at radius 2 is 1.33 bits per heavy atom. The number of para-hydroxylation sites is 1. The Morgan fingerprint density at radius 1 is 0.718 bits per heavy atom. The van der Waals surface area contributed by atoms with Gasteiger partial charge in [-0.1, -0.05) is 84.1 Å². The number of ether oxygens (including phenoxy) is 1. The van der Waals surface area contributed by atoms with Crippen LogP contribution in [-0.4, -0.2) is 32.9 Å². The zero-order chi connectivity index (χ0) is 26.8. The second kappa shape index (κ2) is 10.4. The molecule has 190 valence electrons. The molecule has 7 nitrogen and oxygen atoms in total. The van der Waals surface area contributed by atoms with Crippen LogP contribution in [0.4, 0.5) is 5.13 Å². The fourth-order valence-corrected chi connectivity index (χ4v) is 5.06. The highest BCUT2D eigenvalue weighted by molar-refractivity contribution is 7.22. The van der Waals surface area contributed by atoms with Crippen LogP contribution in [0.1, 0.15) is 17.3 Å². The van der Waals surface area contributed by atoms with Crippen LogP contribution in [0.3, 0.4) is 0 Å². The number of anilines is 1. The first-order chi connectivity index (χ1) is 19.0. The predicted octanol–water partition coefficient (Wildman–Crippen LogP) is 6.76. The molecule has 1 amide bonds. The number of nitrogens with zero attached hydrogens (tertiary/aromatic N) is 3. The molecule has 39 heavy (non-hydrogen) atoms. The monoisotopic (exact) mass is 530 g/mol. The third kappa shape index (κ3) is 5.10. The van der Waals surface area contributed by atoms with Crippen molar-refractivity contribution in [2.45, 2.75) is 13.0 Å². The normalized spacial score (nSPS) is 11.8. The first-order valence-electron chi connectivity index (χ1n) is 12.4. The number of benzene rings is 4. The Labute approximate surface area is 228 Å². The van der Waals surface area contributed by atoms with E-state index in [1.54, 1.807) is 18.2 Å². The summed E-state index contributed by atoms with van der Waals surface area (Å²) in [7, 11) is 0. The molecular weight excluding hydrogens is 508 g/mol. The molecule has 0 fully saturated rings. The minimum Gasteiger partial charge on any atom is -0.449 e. The SMILES string of the molecule is CC(OC(=O)c1ccc2nc(-c3ccccc3)c(-c3ccccc3)nc2c1)C(=O)Nc1nc2ccccc2s1. The Hall–Kier alpha value is -4.95. The Bertz CT molecular complexity index is 1790. The molecule has 0 aliphatic carbocycles. The average molecular weight is 531 g/mol. The van der Waals surface area contributed by atoms with Gasteiger partial charge < -0.3 is 4.74 Å². The lowest BCUT2D eigenvalue weighted by molar-refractivity contribution is -0.123. The summed E-state index contributed by atoms with van der Waals surface area (Å²) < 4.78 is 6.44. The van der Waals surface area contributed by atoms with E-state index in [1.807, 2.05) is 84.9 Å². The topological polar surface area (TPSA) is 94.1 Å². The number of aromatic nitrogens is 3. The van der Waals surface area contributed by atoms with Gasteiger partial charge in [0.2, 0.25) is 0 Å². The molecule has 0 bridgehead atoms. The molecule has 0 aliphatic rings. The van der Waals surface area contributed by atoms with E-state index in [0.717, 1.165) is 27.0 Å². The lowest BCUT2D eigenvalue weighted by Crippen LogP contribution is -2.29. The van der Waals surface area contributed by atoms with Crippen molar-refractivity contribution in [3.8, 4) is 22.5 Å². The van der Waals surface area contributed by atoms with E-state index in [-0.39, 0.29) is 5.56 Å². The minimum atomic E-state index is -1.02. The van der Waals surface area contributed by atoms with Crippen LogP contribution in [-0.2, 0) is 9.53 Å². The number of amides is 1. The van der Waals surface area contributed by atoms with Crippen LogP contribution in [0.5, 0.6) is 0 Å². The average Bonchev–Trinajstić information content (AvgIpc) is 3.39. The summed E-state index contributed by atoms with van der Waals surface area (Å²) in [4.78, 5) is 39.9. The first kappa shape index (κ1) is 24.4. The van der Waals surface area contributed by atoms with Gasteiger partial charge in [-0.25, -0.2) is 19.7 Å². The Kier molecular flexibility index (Phi) is 6.52. The predicted molar refractivity (Wildman–Crippen MR) is 154 cm³/mol. The second-order valence-corrected chi connectivity index (χ2v) is 9.91. The number of esters is 1. The van der Waals surface area contributed by atoms with Gasteiger partial charge >= 0.3 is 5.97 Å².